The summed E-state index contributed by atoms with van der Waals surface area (Å²) in [4.78, 5) is 4.31. The number of nitrogens with zero attached hydrogens (tertiary/aromatic N) is 1. The van der Waals surface area contributed by atoms with Crippen LogP contribution in [0.5, 0.6) is 11.5 Å². The predicted octanol–water partition coefficient (Wildman–Crippen LogP) is 2.23. The molecule has 18 heavy (non-hydrogen) atoms. The lowest BCUT2D eigenvalue weighted by atomic mass is 10.1. The van der Waals surface area contributed by atoms with Crippen LogP contribution in [-0.2, 0) is 0 Å². The first-order chi connectivity index (χ1) is 8.35. The van der Waals surface area contributed by atoms with Gasteiger partial charge in [0.1, 0.15) is 0 Å². The number of anilines is 1. The van der Waals surface area contributed by atoms with Gasteiger partial charge < -0.3 is 20.5 Å². The lowest BCUT2D eigenvalue weighted by Crippen LogP contribution is -2.27. The number of ether oxygens (including phenoxy) is 2. The van der Waals surface area contributed by atoms with Crippen molar-refractivity contribution in [2.24, 2.45) is 10.7 Å². The van der Waals surface area contributed by atoms with E-state index in [-0.39, 0.29) is 5.54 Å². The van der Waals surface area contributed by atoms with Gasteiger partial charge in [0, 0.05) is 11.8 Å². The van der Waals surface area contributed by atoms with Crippen LogP contribution in [0.4, 0.5) is 5.69 Å². The molecule has 0 aromatic heterocycles. The zero-order valence-electron chi connectivity index (χ0n) is 11.6. The Labute approximate surface area is 108 Å². The van der Waals surface area contributed by atoms with Crippen molar-refractivity contribution in [3.63, 3.8) is 0 Å². The van der Waals surface area contributed by atoms with Crippen molar-refractivity contribution >= 4 is 11.6 Å². The average molecular weight is 251 g/mol. The zero-order valence-corrected chi connectivity index (χ0v) is 11.6. The van der Waals surface area contributed by atoms with Gasteiger partial charge in [0.2, 0.25) is 0 Å². The van der Waals surface area contributed by atoms with Gasteiger partial charge in [-0.3, -0.25) is 0 Å². The number of hydrogen-bond acceptors (Lipinski definition) is 3. The molecule has 0 amide bonds. The maximum Gasteiger partial charge on any atom is 0.193 e. The first-order valence-electron chi connectivity index (χ1n) is 5.70. The molecule has 1 aromatic carbocycles. The highest BCUT2D eigenvalue weighted by Gasteiger charge is 2.09. The summed E-state index contributed by atoms with van der Waals surface area (Å²) in [6.07, 6.45) is 0. The summed E-state index contributed by atoms with van der Waals surface area (Å²) in [6, 6.07) is 5.47. The Morgan fingerprint density at radius 2 is 1.78 bits per heavy atom. The standard InChI is InChI=1S/C13H21N3O2/c1-13(2,3)16-12(14)15-9-6-7-10(17-4)11(8-9)18-5/h6-8H,1-5H3,(H3,14,15,16). The molecule has 0 radical (unpaired) electrons. The van der Waals surface area contributed by atoms with Crippen molar-refractivity contribution in [3.8, 4) is 11.5 Å². The summed E-state index contributed by atoms with van der Waals surface area (Å²) in [6.45, 7) is 5.95. The number of aliphatic imine (C=N–C) groups is 1. The monoisotopic (exact) mass is 251 g/mol. The molecule has 0 unspecified atom stereocenters. The predicted molar refractivity (Wildman–Crippen MR) is 74.5 cm³/mol. The van der Waals surface area contributed by atoms with Gasteiger partial charge >= 0.3 is 0 Å². The molecule has 0 saturated carbocycles. The maximum atomic E-state index is 5.82. The number of rotatable bonds is 3. The highest BCUT2D eigenvalue weighted by atomic mass is 16.5. The summed E-state index contributed by atoms with van der Waals surface area (Å²) in [5.74, 6) is 1.69. The highest BCUT2D eigenvalue weighted by Crippen LogP contribution is 2.29. The molecule has 5 nitrogen and oxygen atoms in total. The van der Waals surface area contributed by atoms with Crippen LogP contribution in [0.25, 0.3) is 0 Å². The van der Waals surface area contributed by atoms with E-state index < -0.39 is 0 Å². The van der Waals surface area contributed by atoms with E-state index in [0.717, 1.165) is 5.69 Å². The quantitative estimate of drug-likeness (QED) is 0.638. The molecule has 1 aromatic rings. The molecule has 100 valence electrons. The van der Waals surface area contributed by atoms with Gasteiger partial charge in [-0.1, -0.05) is 0 Å². The second-order valence-corrected chi connectivity index (χ2v) is 4.86. The van der Waals surface area contributed by atoms with Crippen molar-refractivity contribution in [2.45, 2.75) is 26.3 Å². The number of nitrogens with one attached hydrogen (secondary N) is 1. The molecule has 0 saturated heterocycles. The van der Waals surface area contributed by atoms with Gasteiger partial charge in [-0.25, -0.2) is 4.99 Å². The van der Waals surface area contributed by atoms with E-state index in [0.29, 0.717) is 17.5 Å². The molecule has 0 aliphatic carbocycles. The second-order valence-electron chi connectivity index (χ2n) is 4.86. The van der Waals surface area contributed by atoms with E-state index in [1.807, 2.05) is 39.0 Å². The average Bonchev–Trinajstić information content (AvgIpc) is 2.26. The van der Waals surface area contributed by atoms with Crippen LogP contribution in [0.2, 0.25) is 0 Å². The molecular formula is C13H21N3O2. The van der Waals surface area contributed by atoms with Crippen LogP contribution in [0.3, 0.4) is 0 Å². The number of nitrogens with two attached hydrogens (primary N) is 1. The van der Waals surface area contributed by atoms with E-state index in [4.69, 9.17) is 15.2 Å². The SMILES string of the molecule is COc1ccc(NC(N)=NC(C)(C)C)cc1OC. The van der Waals surface area contributed by atoms with Crippen LogP contribution < -0.4 is 20.5 Å². The third-order valence-electron chi connectivity index (χ3n) is 2.11. The smallest absolute Gasteiger partial charge is 0.193 e. The number of guanidine groups is 1. The summed E-state index contributed by atoms with van der Waals surface area (Å²) in [7, 11) is 3.19. The van der Waals surface area contributed by atoms with E-state index in [1.54, 1.807) is 14.2 Å². The van der Waals surface area contributed by atoms with Crippen molar-refractivity contribution in [1.29, 1.82) is 0 Å². The Bertz CT molecular complexity index is 436. The molecule has 3 N–H and O–H groups in total. The fourth-order valence-corrected chi connectivity index (χ4v) is 1.45. The molecule has 0 heterocycles. The van der Waals surface area contributed by atoms with Crippen LogP contribution in [0.15, 0.2) is 23.2 Å². The first kappa shape index (κ1) is 14.2. The molecule has 5 heteroatoms. The number of methoxy groups -OCH3 is 2. The number of benzene rings is 1. The van der Waals surface area contributed by atoms with Crippen LogP contribution in [0, 0.1) is 0 Å². The number of hydrogen-bond donors (Lipinski definition) is 2. The summed E-state index contributed by atoms with van der Waals surface area (Å²) in [5.41, 5.74) is 6.41. The third kappa shape index (κ3) is 4.16. The highest BCUT2D eigenvalue weighted by molar-refractivity contribution is 5.92. The Kier molecular flexibility index (Phi) is 4.42. The van der Waals surface area contributed by atoms with Gasteiger partial charge in [0.15, 0.2) is 17.5 Å². The van der Waals surface area contributed by atoms with Crippen LogP contribution >= 0.6 is 0 Å². The Hall–Kier alpha value is -1.91. The van der Waals surface area contributed by atoms with Crippen molar-refractivity contribution in [2.75, 3.05) is 19.5 Å². The van der Waals surface area contributed by atoms with Crippen molar-refractivity contribution < 1.29 is 9.47 Å². The van der Waals surface area contributed by atoms with Crippen LogP contribution in [-0.4, -0.2) is 25.7 Å². The van der Waals surface area contributed by atoms with Gasteiger partial charge in [-0.05, 0) is 32.9 Å². The molecule has 0 aliphatic rings. The Balaban J connectivity index is 2.89. The fraction of sp³-hybridized carbons (Fsp3) is 0.462. The minimum absolute atomic E-state index is 0.215. The van der Waals surface area contributed by atoms with E-state index in [9.17, 15) is 0 Å². The molecular weight excluding hydrogens is 230 g/mol. The summed E-state index contributed by atoms with van der Waals surface area (Å²) in [5, 5.41) is 3.02. The second kappa shape index (κ2) is 5.62. The van der Waals surface area contributed by atoms with Gasteiger partial charge in [-0.15, -0.1) is 0 Å². The third-order valence-corrected chi connectivity index (χ3v) is 2.11. The van der Waals surface area contributed by atoms with Crippen molar-refractivity contribution in [1.82, 2.24) is 0 Å². The molecule has 0 atom stereocenters. The van der Waals surface area contributed by atoms with Gasteiger partial charge in [0.05, 0.1) is 19.8 Å². The molecule has 0 bridgehead atoms. The zero-order chi connectivity index (χ0) is 13.8. The normalized spacial score (nSPS) is 12.2. The molecule has 0 spiro atoms. The maximum absolute atomic E-state index is 5.82. The lowest BCUT2D eigenvalue weighted by molar-refractivity contribution is 0.355. The van der Waals surface area contributed by atoms with E-state index in [2.05, 4.69) is 10.3 Å². The Morgan fingerprint density at radius 3 is 2.28 bits per heavy atom. The van der Waals surface area contributed by atoms with E-state index >= 15 is 0 Å². The lowest BCUT2D eigenvalue weighted by Gasteiger charge is -2.15. The minimum Gasteiger partial charge on any atom is -0.493 e. The summed E-state index contributed by atoms with van der Waals surface area (Å²) < 4.78 is 10.4. The van der Waals surface area contributed by atoms with Crippen LogP contribution in [0.1, 0.15) is 20.8 Å². The molecule has 1 rings (SSSR count). The van der Waals surface area contributed by atoms with E-state index in [1.165, 1.54) is 0 Å². The summed E-state index contributed by atoms with van der Waals surface area (Å²) >= 11 is 0. The van der Waals surface area contributed by atoms with Gasteiger partial charge in [0.25, 0.3) is 0 Å². The fourth-order valence-electron chi connectivity index (χ4n) is 1.45. The Morgan fingerprint density at radius 1 is 1.17 bits per heavy atom. The molecule has 0 fully saturated rings. The first-order valence-corrected chi connectivity index (χ1v) is 5.70. The minimum atomic E-state index is -0.215. The largest absolute Gasteiger partial charge is 0.493 e. The van der Waals surface area contributed by atoms with Gasteiger partial charge in [-0.2, -0.15) is 0 Å². The topological polar surface area (TPSA) is 68.9 Å². The molecule has 0 aliphatic heterocycles. The van der Waals surface area contributed by atoms with Crippen molar-refractivity contribution in [3.05, 3.63) is 18.2 Å².